The zero-order chi connectivity index (χ0) is 16.2. The lowest BCUT2D eigenvalue weighted by Crippen LogP contribution is -2.52. The second kappa shape index (κ2) is 6.87. The van der Waals surface area contributed by atoms with Crippen molar-refractivity contribution < 1.29 is 19.1 Å². The van der Waals surface area contributed by atoms with E-state index in [1.54, 1.807) is 9.80 Å². The van der Waals surface area contributed by atoms with Gasteiger partial charge in [-0.25, -0.2) is 0 Å². The van der Waals surface area contributed by atoms with Crippen LogP contribution >= 0.6 is 0 Å². The molecule has 1 saturated heterocycles. The Kier molecular flexibility index (Phi) is 4.66. The second-order valence-electron chi connectivity index (χ2n) is 5.55. The van der Waals surface area contributed by atoms with Gasteiger partial charge in [0, 0.05) is 39.3 Å². The molecule has 0 aromatic heterocycles. The van der Waals surface area contributed by atoms with Gasteiger partial charge in [0.05, 0.1) is 0 Å². The van der Waals surface area contributed by atoms with Gasteiger partial charge in [-0.3, -0.25) is 9.59 Å². The van der Waals surface area contributed by atoms with E-state index >= 15 is 0 Å². The molecule has 0 unspecified atom stereocenters. The lowest BCUT2D eigenvalue weighted by atomic mass is 10.2. The van der Waals surface area contributed by atoms with Gasteiger partial charge in [0.15, 0.2) is 11.5 Å². The van der Waals surface area contributed by atoms with Gasteiger partial charge in [0.1, 0.15) is 0 Å². The Bertz CT molecular complexity index is 599. The number of carbonyl (C=O) groups is 2. The third kappa shape index (κ3) is 3.39. The molecule has 7 nitrogen and oxygen atoms in total. The highest BCUT2D eigenvalue weighted by Gasteiger charge is 2.27. The SMILES string of the molecule is CCN(Cc1ccc2c(c1)OCO2)C(=O)C(=O)N1CCNCC1. The van der Waals surface area contributed by atoms with Crippen molar-refractivity contribution in [1.82, 2.24) is 15.1 Å². The molecular formula is C16H21N3O4. The molecule has 0 aliphatic carbocycles. The smallest absolute Gasteiger partial charge is 0.312 e. The summed E-state index contributed by atoms with van der Waals surface area (Å²) in [7, 11) is 0. The molecule has 3 rings (SSSR count). The van der Waals surface area contributed by atoms with E-state index < -0.39 is 11.8 Å². The standard InChI is InChI=1S/C16H21N3O4/c1-2-18(15(20)16(21)19-7-5-17-6-8-19)10-12-3-4-13-14(9-12)23-11-22-13/h3-4,9,17H,2,5-8,10-11H2,1H3. The van der Waals surface area contributed by atoms with Crippen LogP contribution in [0.25, 0.3) is 0 Å². The second-order valence-corrected chi connectivity index (χ2v) is 5.55. The minimum atomic E-state index is -0.452. The number of amides is 2. The number of benzene rings is 1. The van der Waals surface area contributed by atoms with Crippen molar-refractivity contribution in [2.24, 2.45) is 0 Å². The number of carbonyl (C=O) groups excluding carboxylic acids is 2. The Labute approximate surface area is 135 Å². The molecule has 7 heteroatoms. The minimum absolute atomic E-state index is 0.219. The number of piperazine rings is 1. The van der Waals surface area contributed by atoms with Gasteiger partial charge in [-0.15, -0.1) is 0 Å². The fourth-order valence-corrected chi connectivity index (χ4v) is 2.73. The highest BCUT2D eigenvalue weighted by Crippen LogP contribution is 2.32. The molecule has 1 fully saturated rings. The summed E-state index contributed by atoms with van der Waals surface area (Å²) in [6, 6.07) is 5.57. The number of ether oxygens (including phenoxy) is 2. The first-order valence-corrected chi connectivity index (χ1v) is 7.86. The first kappa shape index (κ1) is 15.6. The zero-order valence-electron chi connectivity index (χ0n) is 13.2. The Morgan fingerprint density at radius 3 is 2.70 bits per heavy atom. The Morgan fingerprint density at radius 2 is 1.96 bits per heavy atom. The van der Waals surface area contributed by atoms with Gasteiger partial charge in [0.2, 0.25) is 6.79 Å². The Hall–Kier alpha value is -2.28. The first-order chi connectivity index (χ1) is 11.2. The van der Waals surface area contributed by atoms with E-state index in [2.05, 4.69) is 5.32 Å². The van der Waals surface area contributed by atoms with Crippen LogP contribution in [-0.2, 0) is 16.1 Å². The Morgan fingerprint density at radius 1 is 1.22 bits per heavy atom. The molecule has 0 bridgehead atoms. The predicted octanol–water partition coefficient (Wildman–Crippen LogP) is 0.196. The molecule has 1 aromatic carbocycles. The van der Waals surface area contributed by atoms with Gasteiger partial charge < -0.3 is 24.6 Å². The maximum absolute atomic E-state index is 12.5. The number of hydrogen-bond donors (Lipinski definition) is 1. The molecule has 2 aliphatic heterocycles. The average Bonchev–Trinajstić information content (AvgIpc) is 3.07. The quantitative estimate of drug-likeness (QED) is 0.806. The summed E-state index contributed by atoms with van der Waals surface area (Å²) in [5.74, 6) is 0.514. The van der Waals surface area contributed by atoms with E-state index in [-0.39, 0.29) is 6.79 Å². The van der Waals surface area contributed by atoms with E-state index in [1.807, 2.05) is 25.1 Å². The van der Waals surface area contributed by atoms with Crippen LogP contribution in [0, 0.1) is 0 Å². The summed E-state index contributed by atoms with van der Waals surface area (Å²) in [5, 5.41) is 3.17. The van der Waals surface area contributed by atoms with E-state index in [1.165, 1.54) is 0 Å². The molecule has 0 radical (unpaired) electrons. The van der Waals surface area contributed by atoms with Crippen LogP contribution in [0.15, 0.2) is 18.2 Å². The number of nitrogens with zero attached hydrogens (tertiary/aromatic N) is 2. The molecule has 23 heavy (non-hydrogen) atoms. The van der Waals surface area contributed by atoms with E-state index in [0.29, 0.717) is 37.7 Å². The third-order valence-electron chi connectivity index (χ3n) is 4.07. The summed E-state index contributed by atoms with van der Waals surface area (Å²) in [4.78, 5) is 28.0. The average molecular weight is 319 g/mol. The lowest BCUT2D eigenvalue weighted by Gasteiger charge is -2.29. The van der Waals surface area contributed by atoms with Crippen molar-refractivity contribution in [3.05, 3.63) is 23.8 Å². The number of likely N-dealkylation sites (N-methyl/N-ethyl adjacent to an activating group) is 1. The summed E-state index contributed by atoms with van der Waals surface area (Å²) < 4.78 is 10.6. The van der Waals surface area contributed by atoms with Crippen molar-refractivity contribution in [3.63, 3.8) is 0 Å². The van der Waals surface area contributed by atoms with Crippen LogP contribution in [0.4, 0.5) is 0 Å². The van der Waals surface area contributed by atoms with Gasteiger partial charge >= 0.3 is 11.8 Å². The predicted molar refractivity (Wildman–Crippen MR) is 83.1 cm³/mol. The summed E-state index contributed by atoms with van der Waals surface area (Å²) >= 11 is 0. The number of rotatable bonds is 3. The molecule has 0 saturated carbocycles. The number of fused-ring (bicyclic) bond motifs is 1. The van der Waals surface area contributed by atoms with Crippen LogP contribution in [0.2, 0.25) is 0 Å². The zero-order valence-corrected chi connectivity index (χ0v) is 13.2. The van der Waals surface area contributed by atoms with Crippen LogP contribution in [0.1, 0.15) is 12.5 Å². The van der Waals surface area contributed by atoms with Crippen molar-refractivity contribution in [2.45, 2.75) is 13.5 Å². The van der Waals surface area contributed by atoms with Crippen molar-refractivity contribution in [3.8, 4) is 11.5 Å². The van der Waals surface area contributed by atoms with E-state index in [0.717, 1.165) is 18.7 Å². The maximum Gasteiger partial charge on any atom is 0.312 e. The van der Waals surface area contributed by atoms with Crippen LogP contribution in [-0.4, -0.2) is 61.1 Å². The fourth-order valence-electron chi connectivity index (χ4n) is 2.73. The molecule has 124 valence electrons. The highest BCUT2D eigenvalue weighted by atomic mass is 16.7. The van der Waals surface area contributed by atoms with Crippen LogP contribution < -0.4 is 14.8 Å². The molecular weight excluding hydrogens is 298 g/mol. The van der Waals surface area contributed by atoms with Gasteiger partial charge in [-0.1, -0.05) is 6.07 Å². The molecule has 2 amide bonds. The topological polar surface area (TPSA) is 71.1 Å². The summed E-state index contributed by atoms with van der Waals surface area (Å²) in [6.45, 7) is 5.56. The molecule has 2 heterocycles. The minimum Gasteiger partial charge on any atom is -0.454 e. The largest absolute Gasteiger partial charge is 0.454 e. The van der Waals surface area contributed by atoms with E-state index in [9.17, 15) is 9.59 Å². The first-order valence-electron chi connectivity index (χ1n) is 7.86. The van der Waals surface area contributed by atoms with Crippen LogP contribution in [0.3, 0.4) is 0 Å². The third-order valence-corrected chi connectivity index (χ3v) is 4.07. The van der Waals surface area contributed by atoms with Gasteiger partial charge in [-0.2, -0.15) is 0 Å². The van der Waals surface area contributed by atoms with Gasteiger partial charge in [0.25, 0.3) is 0 Å². The lowest BCUT2D eigenvalue weighted by molar-refractivity contribution is -0.152. The van der Waals surface area contributed by atoms with Crippen molar-refractivity contribution in [2.75, 3.05) is 39.5 Å². The molecule has 0 spiro atoms. The maximum atomic E-state index is 12.5. The molecule has 1 N–H and O–H groups in total. The molecule has 1 aromatic rings. The number of nitrogens with one attached hydrogen (secondary N) is 1. The van der Waals surface area contributed by atoms with Gasteiger partial charge in [-0.05, 0) is 24.6 Å². The van der Waals surface area contributed by atoms with Crippen LogP contribution in [0.5, 0.6) is 11.5 Å². The highest BCUT2D eigenvalue weighted by molar-refractivity contribution is 6.34. The van der Waals surface area contributed by atoms with Crippen molar-refractivity contribution in [1.29, 1.82) is 0 Å². The Balaban J connectivity index is 1.66. The summed E-state index contributed by atoms with van der Waals surface area (Å²) in [6.07, 6.45) is 0. The number of hydrogen-bond acceptors (Lipinski definition) is 5. The van der Waals surface area contributed by atoms with E-state index in [4.69, 9.17) is 9.47 Å². The van der Waals surface area contributed by atoms with Crippen molar-refractivity contribution >= 4 is 11.8 Å². The fraction of sp³-hybridized carbons (Fsp3) is 0.500. The monoisotopic (exact) mass is 319 g/mol. The normalized spacial score (nSPS) is 16.3. The molecule has 0 atom stereocenters. The summed E-state index contributed by atoms with van der Waals surface area (Å²) in [5.41, 5.74) is 0.914. The molecule has 2 aliphatic rings.